The van der Waals surface area contributed by atoms with Crippen molar-refractivity contribution in [2.75, 3.05) is 39.5 Å². The van der Waals surface area contributed by atoms with Crippen molar-refractivity contribution >= 4 is 0 Å². The van der Waals surface area contributed by atoms with Gasteiger partial charge < -0.3 is 19.3 Å². The van der Waals surface area contributed by atoms with Gasteiger partial charge in [0.15, 0.2) is 11.5 Å². The fourth-order valence-electron chi connectivity index (χ4n) is 3.29. The SMILES string of the molecule is O[C@H](CN1CCO[C@H](Cn2cccn2)C1)c1ccc2c(c1)OCCO2. The smallest absolute Gasteiger partial charge is 0.161 e. The summed E-state index contributed by atoms with van der Waals surface area (Å²) in [7, 11) is 0. The van der Waals surface area contributed by atoms with E-state index in [1.807, 2.05) is 35.1 Å². The van der Waals surface area contributed by atoms with E-state index >= 15 is 0 Å². The van der Waals surface area contributed by atoms with Crippen molar-refractivity contribution in [1.29, 1.82) is 0 Å². The third-order valence-electron chi connectivity index (χ3n) is 4.55. The molecule has 0 amide bonds. The molecule has 0 saturated carbocycles. The lowest BCUT2D eigenvalue weighted by atomic mass is 10.1. The van der Waals surface area contributed by atoms with Gasteiger partial charge in [0.2, 0.25) is 0 Å². The first-order valence-corrected chi connectivity index (χ1v) is 8.67. The first kappa shape index (κ1) is 16.4. The highest BCUT2D eigenvalue weighted by Crippen LogP contribution is 2.32. The molecule has 3 heterocycles. The first-order chi connectivity index (χ1) is 12.3. The van der Waals surface area contributed by atoms with E-state index in [4.69, 9.17) is 14.2 Å². The topological polar surface area (TPSA) is 69.0 Å². The number of hydrogen-bond acceptors (Lipinski definition) is 6. The molecule has 4 rings (SSSR count). The van der Waals surface area contributed by atoms with E-state index in [2.05, 4.69) is 10.00 Å². The molecule has 7 nitrogen and oxygen atoms in total. The Morgan fingerprint density at radius 3 is 2.92 bits per heavy atom. The molecule has 7 heteroatoms. The Hall–Kier alpha value is -2.09. The molecule has 25 heavy (non-hydrogen) atoms. The number of nitrogens with zero attached hydrogens (tertiary/aromatic N) is 3. The maximum absolute atomic E-state index is 10.6. The van der Waals surface area contributed by atoms with Crippen molar-refractivity contribution in [3.8, 4) is 11.5 Å². The number of rotatable bonds is 5. The molecule has 0 radical (unpaired) electrons. The highest BCUT2D eigenvalue weighted by atomic mass is 16.6. The third-order valence-corrected chi connectivity index (χ3v) is 4.55. The fraction of sp³-hybridized carbons (Fsp3) is 0.500. The van der Waals surface area contributed by atoms with E-state index in [-0.39, 0.29) is 6.10 Å². The largest absolute Gasteiger partial charge is 0.486 e. The number of benzene rings is 1. The van der Waals surface area contributed by atoms with E-state index < -0.39 is 6.10 Å². The zero-order chi connectivity index (χ0) is 17.1. The summed E-state index contributed by atoms with van der Waals surface area (Å²) in [4.78, 5) is 2.24. The minimum atomic E-state index is -0.570. The van der Waals surface area contributed by atoms with Crippen molar-refractivity contribution in [3.63, 3.8) is 0 Å². The zero-order valence-corrected chi connectivity index (χ0v) is 14.1. The third kappa shape index (κ3) is 3.95. The average molecular weight is 345 g/mol. The lowest BCUT2D eigenvalue weighted by Crippen LogP contribution is -2.45. The molecule has 1 aromatic carbocycles. The van der Waals surface area contributed by atoms with Gasteiger partial charge >= 0.3 is 0 Å². The molecule has 2 aromatic rings. The van der Waals surface area contributed by atoms with Gasteiger partial charge in [-0.1, -0.05) is 6.07 Å². The summed E-state index contributed by atoms with van der Waals surface area (Å²) in [5.41, 5.74) is 0.847. The van der Waals surface area contributed by atoms with Crippen LogP contribution in [-0.4, -0.2) is 65.3 Å². The van der Waals surface area contributed by atoms with Gasteiger partial charge in [-0.2, -0.15) is 5.10 Å². The molecule has 1 aromatic heterocycles. The summed E-state index contributed by atoms with van der Waals surface area (Å²) in [5.74, 6) is 1.45. The number of aliphatic hydroxyl groups is 1. The zero-order valence-electron chi connectivity index (χ0n) is 14.1. The van der Waals surface area contributed by atoms with Crippen LogP contribution in [0, 0.1) is 0 Å². The Bertz CT molecular complexity index is 692. The molecule has 2 aliphatic rings. The molecule has 0 aliphatic carbocycles. The van der Waals surface area contributed by atoms with Crippen molar-refractivity contribution in [3.05, 3.63) is 42.2 Å². The fourth-order valence-corrected chi connectivity index (χ4v) is 3.29. The molecule has 0 bridgehead atoms. The predicted octanol–water partition coefficient (Wildman–Crippen LogP) is 1.09. The van der Waals surface area contributed by atoms with Crippen molar-refractivity contribution in [2.45, 2.75) is 18.8 Å². The van der Waals surface area contributed by atoms with E-state index in [9.17, 15) is 5.11 Å². The van der Waals surface area contributed by atoms with Gasteiger partial charge in [-0.05, 0) is 23.8 Å². The molecule has 134 valence electrons. The van der Waals surface area contributed by atoms with Gasteiger partial charge in [0.25, 0.3) is 0 Å². The molecule has 1 fully saturated rings. The second kappa shape index (κ2) is 7.43. The first-order valence-electron chi connectivity index (χ1n) is 8.67. The molecule has 0 unspecified atom stereocenters. The quantitative estimate of drug-likeness (QED) is 0.875. The van der Waals surface area contributed by atoms with Crippen LogP contribution in [0.2, 0.25) is 0 Å². The maximum Gasteiger partial charge on any atom is 0.161 e. The van der Waals surface area contributed by atoms with Gasteiger partial charge in [0.1, 0.15) is 13.2 Å². The summed E-state index contributed by atoms with van der Waals surface area (Å²) in [6, 6.07) is 7.56. The maximum atomic E-state index is 10.6. The number of morpholine rings is 1. The normalized spacial score (nSPS) is 21.9. The van der Waals surface area contributed by atoms with Crippen molar-refractivity contribution in [1.82, 2.24) is 14.7 Å². The predicted molar refractivity (Wildman–Crippen MR) is 90.8 cm³/mol. The highest BCUT2D eigenvalue weighted by Gasteiger charge is 2.24. The average Bonchev–Trinajstić information content (AvgIpc) is 3.14. The second-order valence-corrected chi connectivity index (χ2v) is 6.40. The number of hydrogen-bond donors (Lipinski definition) is 1. The summed E-state index contributed by atoms with van der Waals surface area (Å²) in [6.07, 6.45) is 3.22. The van der Waals surface area contributed by atoms with Crippen LogP contribution >= 0.6 is 0 Å². The van der Waals surface area contributed by atoms with E-state index in [1.54, 1.807) is 6.20 Å². The Balaban J connectivity index is 1.36. The lowest BCUT2D eigenvalue weighted by molar-refractivity contribution is -0.0486. The summed E-state index contributed by atoms with van der Waals surface area (Å²) < 4.78 is 18.8. The van der Waals surface area contributed by atoms with Gasteiger partial charge in [-0.15, -0.1) is 0 Å². The molecular formula is C18H23N3O4. The molecule has 2 atom stereocenters. The molecule has 0 spiro atoms. The van der Waals surface area contributed by atoms with Gasteiger partial charge in [-0.25, -0.2) is 0 Å². The summed E-state index contributed by atoms with van der Waals surface area (Å²) in [6.45, 7) is 4.67. The highest BCUT2D eigenvalue weighted by molar-refractivity contribution is 5.44. The Kier molecular flexibility index (Phi) is 4.87. The number of aliphatic hydroxyl groups excluding tert-OH is 1. The van der Waals surface area contributed by atoms with Crippen molar-refractivity contribution in [2.24, 2.45) is 0 Å². The van der Waals surface area contributed by atoms with Crippen LogP contribution in [0.15, 0.2) is 36.7 Å². The summed E-state index contributed by atoms with van der Waals surface area (Å²) >= 11 is 0. The number of fused-ring (bicyclic) bond motifs is 1. The van der Waals surface area contributed by atoms with E-state index in [1.165, 1.54) is 0 Å². The van der Waals surface area contributed by atoms with Gasteiger partial charge in [0.05, 0.1) is 25.4 Å². The lowest BCUT2D eigenvalue weighted by Gasteiger charge is -2.34. The Morgan fingerprint density at radius 2 is 2.08 bits per heavy atom. The molecule has 1 N–H and O–H groups in total. The van der Waals surface area contributed by atoms with Gasteiger partial charge in [0, 0.05) is 32.0 Å². The second-order valence-electron chi connectivity index (χ2n) is 6.40. The number of β-amino-alcohol motifs (C(OH)–C–C–N with tert-alkyl or cyclic N) is 1. The van der Waals surface area contributed by atoms with Crippen LogP contribution in [0.4, 0.5) is 0 Å². The number of ether oxygens (including phenoxy) is 3. The minimum Gasteiger partial charge on any atom is -0.486 e. The molecule has 2 aliphatic heterocycles. The molecule has 1 saturated heterocycles. The van der Waals surface area contributed by atoms with Crippen LogP contribution in [0.3, 0.4) is 0 Å². The molecular weight excluding hydrogens is 322 g/mol. The minimum absolute atomic E-state index is 0.0844. The number of aromatic nitrogens is 2. The van der Waals surface area contributed by atoms with Crippen LogP contribution in [0.25, 0.3) is 0 Å². The van der Waals surface area contributed by atoms with E-state index in [0.29, 0.717) is 32.1 Å². The monoisotopic (exact) mass is 345 g/mol. The van der Waals surface area contributed by atoms with Crippen molar-refractivity contribution < 1.29 is 19.3 Å². The summed E-state index contributed by atoms with van der Waals surface area (Å²) in [5, 5.41) is 14.8. The van der Waals surface area contributed by atoms with Gasteiger partial charge in [-0.3, -0.25) is 9.58 Å². The Labute approximate surface area is 146 Å². The van der Waals surface area contributed by atoms with Crippen LogP contribution in [0.5, 0.6) is 11.5 Å². The van der Waals surface area contributed by atoms with Crippen LogP contribution < -0.4 is 9.47 Å². The van der Waals surface area contributed by atoms with E-state index in [0.717, 1.165) is 30.9 Å². The van der Waals surface area contributed by atoms with Crippen LogP contribution in [0.1, 0.15) is 11.7 Å². The Morgan fingerprint density at radius 1 is 1.20 bits per heavy atom. The standard InChI is InChI=1S/C18H23N3O4/c22-16(14-2-3-17-18(10-14)25-9-8-24-17)13-20-6-7-23-15(11-20)12-21-5-1-4-19-21/h1-5,10,15-16,22H,6-9,11-13H2/t15-,16+/m0/s1. The van der Waals surface area contributed by atoms with Crippen LogP contribution in [-0.2, 0) is 11.3 Å².